The van der Waals surface area contributed by atoms with E-state index in [1.807, 2.05) is 19.1 Å². The van der Waals surface area contributed by atoms with Crippen LogP contribution >= 0.6 is 11.6 Å². The highest BCUT2D eigenvalue weighted by molar-refractivity contribution is 6.30. The molecule has 0 spiro atoms. The van der Waals surface area contributed by atoms with E-state index in [1.54, 1.807) is 17.4 Å². The standard InChI is InChI=1S/C17H14ClF3N2O3/c1-10-2-4-11(5-3-10)9-22-15(24)23-17(16(19,20)21)25-13-7-6-12(18)8-14(13)26-17/h2-8H,9H2,1H3,(H2,22,23,24)/t17-/m1/s1. The van der Waals surface area contributed by atoms with Crippen molar-refractivity contribution in [1.29, 1.82) is 0 Å². The van der Waals surface area contributed by atoms with Crippen LogP contribution < -0.4 is 20.1 Å². The summed E-state index contributed by atoms with van der Waals surface area (Å²) in [7, 11) is 0. The van der Waals surface area contributed by atoms with Crippen LogP contribution in [0.1, 0.15) is 11.1 Å². The van der Waals surface area contributed by atoms with Gasteiger partial charge in [0, 0.05) is 17.6 Å². The molecule has 0 aromatic heterocycles. The van der Waals surface area contributed by atoms with Crippen molar-refractivity contribution >= 4 is 17.6 Å². The lowest BCUT2D eigenvalue weighted by molar-refractivity contribution is -0.317. The zero-order valence-corrected chi connectivity index (χ0v) is 14.2. The smallest absolute Gasteiger partial charge is 0.424 e. The number of urea groups is 1. The normalized spacial score (nSPS) is 18.5. The van der Waals surface area contributed by atoms with Crippen molar-refractivity contribution in [3.05, 3.63) is 58.6 Å². The lowest BCUT2D eigenvalue weighted by atomic mass is 10.1. The summed E-state index contributed by atoms with van der Waals surface area (Å²) >= 11 is 5.75. The molecule has 2 N–H and O–H groups in total. The number of nitrogens with one attached hydrogen (secondary N) is 2. The third-order valence-corrected chi connectivity index (χ3v) is 3.87. The highest BCUT2D eigenvalue weighted by atomic mass is 35.5. The van der Waals surface area contributed by atoms with E-state index < -0.39 is 18.1 Å². The molecular formula is C17H14ClF3N2O3. The van der Waals surface area contributed by atoms with Crippen LogP contribution in [-0.4, -0.2) is 18.1 Å². The third-order valence-electron chi connectivity index (χ3n) is 3.64. The van der Waals surface area contributed by atoms with Gasteiger partial charge in [-0.15, -0.1) is 0 Å². The maximum atomic E-state index is 13.5. The first-order valence-electron chi connectivity index (χ1n) is 7.54. The molecule has 1 atom stereocenters. The van der Waals surface area contributed by atoms with Crippen molar-refractivity contribution in [2.75, 3.05) is 0 Å². The number of fused-ring (bicyclic) bond motifs is 1. The molecule has 138 valence electrons. The number of hydrogen-bond donors (Lipinski definition) is 2. The molecule has 0 saturated carbocycles. The van der Waals surface area contributed by atoms with Crippen molar-refractivity contribution < 1.29 is 27.4 Å². The van der Waals surface area contributed by atoms with Gasteiger partial charge < -0.3 is 14.8 Å². The van der Waals surface area contributed by atoms with E-state index in [2.05, 4.69) is 5.32 Å². The third kappa shape index (κ3) is 3.65. The summed E-state index contributed by atoms with van der Waals surface area (Å²) in [6, 6.07) is 9.85. The van der Waals surface area contributed by atoms with Crippen molar-refractivity contribution in [2.45, 2.75) is 25.6 Å². The summed E-state index contributed by atoms with van der Waals surface area (Å²) in [5.74, 6) is -3.71. The molecule has 0 aliphatic carbocycles. The highest BCUT2D eigenvalue weighted by Gasteiger charge is 2.65. The van der Waals surface area contributed by atoms with E-state index >= 15 is 0 Å². The number of hydrogen-bond acceptors (Lipinski definition) is 3. The molecule has 9 heteroatoms. The van der Waals surface area contributed by atoms with Crippen molar-refractivity contribution in [2.24, 2.45) is 0 Å². The van der Waals surface area contributed by atoms with Crippen LogP contribution in [0.4, 0.5) is 18.0 Å². The molecule has 1 aliphatic rings. The second-order valence-electron chi connectivity index (χ2n) is 5.70. The Labute approximate surface area is 152 Å². The number of amides is 2. The molecular weight excluding hydrogens is 373 g/mol. The van der Waals surface area contributed by atoms with Gasteiger partial charge in [-0.25, -0.2) is 4.79 Å². The zero-order valence-electron chi connectivity index (χ0n) is 13.5. The lowest BCUT2D eigenvalue weighted by Gasteiger charge is -2.29. The highest BCUT2D eigenvalue weighted by Crippen LogP contribution is 2.46. The van der Waals surface area contributed by atoms with Crippen LogP contribution in [0.25, 0.3) is 0 Å². The van der Waals surface area contributed by atoms with Crippen LogP contribution in [0, 0.1) is 6.92 Å². The molecule has 2 aromatic carbocycles. The number of alkyl halides is 3. The minimum Gasteiger partial charge on any atom is -0.424 e. The van der Waals surface area contributed by atoms with E-state index in [1.165, 1.54) is 18.2 Å². The molecule has 1 heterocycles. The van der Waals surface area contributed by atoms with Gasteiger partial charge in [-0.1, -0.05) is 41.4 Å². The first kappa shape index (κ1) is 18.2. The number of carbonyl (C=O) groups is 1. The summed E-state index contributed by atoms with van der Waals surface area (Å²) in [5.41, 5.74) is 1.76. The van der Waals surface area contributed by atoms with E-state index in [0.717, 1.165) is 11.1 Å². The van der Waals surface area contributed by atoms with Gasteiger partial charge in [-0.05, 0) is 24.6 Å². The van der Waals surface area contributed by atoms with Gasteiger partial charge >= 0.3 is 18.1 Å². The molecule has 2 aromatic rings. The minimum absolute atomic E-state index is 0.0405. The summed E-state index contributed by atoms with van der Waals surface area (Å²) in [4.78, 5) is 12.0. The summed E-state index contributed by atoms with van der Waals surface area (Å²) < 4.78 is 50.3. The Balaban J connectivity index is 1.72. The number of halogens is 4. The zero-order chi connectivity index (χ0) is 18.9. The molecule has 1 aliphatic heterocycles. The van der Waals surface area contributed by atoms with Crippen LogP contribution in [0.15, 0.2) is 42.5 Å². The van der Waals surface area contributed by atoms with Gasteiger partial charge in [0.2, 0.25) is 0 Å². The monoisotopic (exact) mass is 386 g/mol. The van der Waals surface area contributed by atoms with E-state index in [0.29, 0.717) is 0 Å². The lowest BCUT2D eigenvalue weighted by Crippen LogP contribution is -2.66. The number of aryl methyl sites for hydroxylation is 1. The van der Waals surface area contributed by atoms with E-state index in [-0.39, 0.29) is 23.1 Å². The molecule has 0 radical (unpaired) electrons. The van der Waals surface area contributed by atoms with Gasteiger partial charge in [0.15, 0.2) is 11.5 Å². The van der Waals surface area contributed by atoms with Gasteiger partial charge in [0.05, 0.1) is 0 Å². The first-order chi connectivity index (χ1) is 12.2. The number of benzene rings is 2. The Hall–Kier alpha value is -2.61. The van der Waals surface area contributed by atoms with Crippen LogP contribution in [0.3, 0.4) is 0 Å². The van der Waals surface area contributed by atoms with E-state index in [9.17, 15) is 18.0 Å². The Bertz CT molecular complexity index is 827. The Kier molecular flexibility index (Phi) is 4.62. The molecule has 0 saturated heterocycles. The van der Waals surface area contributed by atoms with Crippen LogP contribution in [0.2, 0.25) is 5.02 Å². The second-order valence-corrected chi connectivity index (χ2v) is 6.14. The first-order valence-corrected chi connectivity index (χ1v) is 7.92. The average Bonchev–Trinajstić information content (AvgIpc) is 2.92. The predicted octanol–water partition coefficient (Wildman–Crippen LogP) is 4.14. The summed E-state index contributed by atoms with van der Waals surface area (Å²) in [5, 5.41) is 4.24. The van der Waals surface area contributed by atoms with Crippen molar-refractivity contribution in [1.82, 2.24) is 10.6 Å². The minimum atomic E-state index is -5.03. The fraction of sp³-hybridized carbons (Fsp3) is 0.235. The fourth-order valence-corrected chi connectivity index (χ4v) is 2.46. The van der Waals surface area contributed by atoms with Crippen LogP contribution in [0.5, 0.6) is 11.5 Å². The molecule has 5 nitrogen and oxygen atoms in total. The van der Waals surface area contributed by atoms with Gasteiger partial charge in [-0.2, -0.15) is 13.2 Å². The maximum absolute atomic E-state index is 13.5. The molecule has 0 bridgehead atoms. The number of ether oxygens (including phenoxy) is 2. The quantitative estimate of drug-likeness (QED) is 0.833. The summed E-state index contributed by atoms with van der Waals surface area (Å²) in [6.45, 7) is 1.94. The molecule has 2 amide bonds. The van der Waals surface area contributed by atoms with Gasteiger partial charge in [-0.3, -0.25) is 5.32 Å². The topological polar surface area (TPSA) is 59.6 Å². The van der Waals surface area contributed by atoms with E-state index in [4.69, 9.17) is 21.1 Å². The number of rotatable bonds is 3. The fourth-order valence-electron chi connectivity index (χ4n) is 2.30. The van der Waals surface area contributed by atoms with Gasteiger partial charge in [0.25, 0.3) is 0 Å². The molecule has 3 rings (SSSR count). The Morgan fingerprint density at radius 1 is 1.12 bits per heavy atom. The van der Waals surface area contributed by atoms with Crippen molar-refractivity contribution in [3.63, 3.8) is 0 Å². The maximum Gasteiger partial charge on any atom is 0.492 e. The largest absolute Gasteiger partial charge is 0.492 e. The molecule has 0 unspecified atom stereocenters. The summed E-state index contributed by atoms with van der Waals surface area (Å²) in [6.07, 6.45) is -5.03. The SMILES string of the molecule is Cc1ccc(CNC(=O)N[C@]2(C(F)(F)F)Oc3ccc(Cl)cc3O2)cc1. The molecule has 0 fully saturated rings. The Morgan fingerprint density at radius 3 is 2.42 bits per heavy atom. The molecule has 26 heavy (non-hydrogen) atoms. The second kappa shape index (κ2) is 6.60. The van der Waals surface area contributed by atoms with Crippen molar-refractivity contribution in [3.8, 4) is 11.5 Å². The Morgan fingerprint density at radius 2 is 1.77 bits per heavy atom. The van der Waals surface area contributed by atoms with Crippen LogP contribution in [-0.2, 0) is 6.54 Å². The predicted molar refractivity (Wildman–Crippen MR) is 88.0 cm³/mol. The number of carbonyl (C=O) groups excluding carboxylic acids is 1. The average molecular weight is 387 g/mol. The van der Waals surface area contributed by atoms with Gasteiger partial charge in [0.1, 0.15) is 0 Å².